The summed E-state index contributed by atoms with van der Waals surface area (Å²) in [6.07, 6.45) is 4.10. The van der Waals surface area contributed by atoms with Crippen molar-refractivity contribution in [3.8, 4) is 11.4 Å². The minimum atomic E-state index is 0.709. The lowest BCUT2D eigenvalue weighted by Gasteiger charge is -2.08. The maximum Gasteiger partial charge on any atom is 0.146 e. The maximum absolute atomic E-state index is 6.97. The molecular formula is C41H27N3O2. The normalized spacial score (nSPS) is 12.5. The van der Waals surface area contributed by atoms with Gasteiger partial charge in [0, 0.05) is 38.3 Å². The maximum atomic E-state index is 6.97. The Bertz CT molecular complexity index is 2880. The first kappa shape index (κ1) is 25.2. The van der Waals surface area contributed by atoms with Gasteiger partial charge in [-0.05, 0) is 79.7 Å². The molecule has 0 bridgehead atoms. The van der Waals surface area contributed by atoms with Crippen LogP contribution < -0.4 is 5.73 Å². The van der Waals surface area contributed by atoms with Gasteiger partial charge in [0.05, 0.1) is 38.7 Å². The van der Waals surface area contributed by atoms with Gasteiger partial charge in [-0.1, -0.05) is 60.7 Å². The Hall–Kier alpha value is -6.20. The van der Waals surface area contributed by atoms with Gasteiger partial charge in [0.1, 0.15) is 22.3 Å². The Morgan fingerprint density at radius 2 is 1.20 bits per heavy atom. The third-order valence-electron chi connectivity index (χ3n) is 9.41. The van der Waals surface area contributed by atoms with Crippen molar-refractivity contribution in [2.24, 2.45) is 0 Å². The highest BCUT2D eigenvalue weighted by atomic mass is 16.3. The van der Waals surface area contributed by atoms with Crippen molar-refractivity contribution >= 4 is 88.3 Å². The summed E-state index contributed by atoms with van der Waals surface area (Å²) >= 11 is 0. The highest BCUT2D eigenvalue weighted by Crippen LogP contribution is 2.45. The zero-order chi connectivity index (χ0) is 30.5. The number of fused-ring (bicyclic) bond motifs is 12. The number of furan rings is 2. The largest absolute Gasteiger partial charge is 0.456 e. The van der Waals surface area contributed by atoms with Gasteiger partial charge in [-0.25, -0.2) is 0 Å². The summed E-state index contributed by atoms with van der Waals surface area (Å²) in [5.74, 6) is 0. The van der Waals surface area contributed by atoms with E-state index >= 15 is 0 Å². The van der Waals surface area contributed by atoms with E-state index in [4.69, 9.17) is 14.6 Å². The predicted octanol–water partition coefficient (Wildman–Crippen LogP) is 11.1. The highest BCUT2D eigenvalue weighted by Gasteiger charge is 2.23. The van der Waals surface area contributed by atoms with E-state index in [1.807, 2.05) is 31.2 Å². The average Bonchev–Trinajstić information content (AvgIpc) is 3.83. The molecule has 218 valence electrons. The Balaban J connectivity index is 1.30. The summed E-state index contributed by atoms with van der Waals surface area (Å²) in [6.45, 7) is 2.02. The van der Waals surface area contributed by atoms with Crippen molar-refractivity contribution in [1.29, 1.82) is 0 Å². The van der Waals surface area contributed by atoms with Crippen molar-refractivity contribution in [3.05, 3.63) is 133 Å². The Morgan fingerprint density at radius 3 is 2.00 bits per heavy atom. The second-order valence-electron chi connectivity index (χ2n) is 11.9. The molecule has 5 heteroatoms. The Labute approximate surface area is 262 Å². The van der Waals surface area contributed by atoms with Crippen molar-refractivity contribution in [2.45, 2.75) is 6.92 Å². The molecule has 4 aromatic heterocycles. The molecule has 0 aliphatic heterocycles. The molecule has 46 heavy (non-hydrogen) atoms. The number of allylic oxidation sites excluding steroid dienone is 1. The highest BCUT2D eigenvalue weighted by molar-refractivity contribution is 6.27. The van der Waals surface area contributed by atoms with E-state index in [9.17, 15) is 0 Å². The van der Waals surface area contributed by atoms with E-state index in [1.165, 1.54) is 0 Å². The van der Waals surface area contributed by atoms with Crippen molar-refractivity contribution in [3.63, 3.8) is 0 Å². The number of aromatic nitrogens is 2. The van der Waals surface area contributed by atoms with Crippen LogP contribution in [0.5, 0.6) is 0 Å². The first-order valence-corrected chi connectivity index (χ1v) is 15.5. The van der Waals surface area contributed by atoms with Crippen LogP contribution in [0.1, 0.15) is 12.6 Å². The van der Waals surface area contributed by atoms with Crippen LogP contribution in [0.15, 0.2) is 136 Å². The molecule has 0 amide bonds. The number of rotatable bonds is 3. The fraction of sp³-hybridized carbons (Fsp3) is 0.0244. The van der Waals surface area contributed by atoms with Crippen LogP contribution in [-0.2, 0) is 0 Å². The quantitative estimate of drug-likeness (QED) is 0.222. The summed E-state index contributed by atoms with van der Waals surface area (Å²) in [4.78, 5) is 0. The van der Waals surface area contributed by atoms with E-state index in [1.54, 1.807) is 0 Å². The van der Waals surface area contributed by atoms with E-state index in [0.29, 0.717) is 5.69 Å². The summed E-state index contributed by atoms with van der Waals surface area (Å²) in [5, 5.41) is 7.49. The lowest BCUT2D eigenvalue weighted by molar-refractivity contribution is 0.669. The standard InChI is InChI=1S/C41H27N3O2/c1-2-10-34-39(42)38-33(43(34)24-11-4-3-5-12-24)21-19-28-27-18-20-32-37(40(27)46-41(28)38)29-14-6-8-15-31(29)44(32)25-17-22-36-30(23-25)26-13-7-9-16-35(26)45-36/h2-23H,42H2,1H3/b10-2-. The SMILES string of the molecule is C/C=C\c1c(N)c2c3oc4c(ccc5c4c4ccccc4n5-c4ccc5oc6ccccc6c5c4)c3ccc2n1-c1ccccc1. The van der Waals surface area contributed by atoms with E-state index in [2.05, 4.69) is 118 Å². The summed E-state index contributed by atoms with van der Waals surface area (Å²) in [7, 11) is 0. The van der Waals surface area contributed by atoms with Crippen LogP contribution in [-0.4, -0.2) is 9.13 Å². The first-order valence-electron chi connectivity index (χ1n) is 15.5. The van der Waals surface area contributed by atoms with Gasteiger partial charge in [0.2, 0.25) is 0 Å². The van der Waals surface area contributed by atoms with Gasteiger partial charge in [0.25, 0.3) is 0 Å². The fourth-order valence-corrected chi connectivity index (χ4v) is 7.47. The second-order valence-corrected chi connectivity index (χ2v) is 11.9. The van der Waals surface area contributed by atoms with Gasteiger partial charge in [-0.2, -0.15) is 0 Å². The van der Waals surface area contributed by atoms with Crippen molar-refractivity contribution < 1.29 is 8.83 Å². The molecule has 4 heterocycles. The number of anilines is 1. The zero-order valence-corrected chi connectivity index (χ0v) is 25.0. The fourth-order valence-electron chi connectivity index (χ4n) is 7.47. The molecule has 0 spiro atoms. The lowest BCUT2D eigenvalue weighted by Crippen LogP contribution is -1.97. The molecule has 0 unspecified atom stereocenters. The molecule has 6 aromatic carbocycles. The molecular weight excluding hydrogens is 566 g/mol. The third-order valence-corrected chi connectivity index (χ3v) is 9.41. The summed E-state index contributed by atoms with van der Waals surface area (Å²) < 4.78 is 17.7. The number of nitrogen functional groups attached to an aromatic ring is 1. The van der Waals surface area contributed by atoms with Crippen LogP contribution in [0.2, 0.25) is 0 Å². The summed E-state index contributed by atoms with van der Waals surface area (Å²) in [5.41, 5.74) is 17.4. The minimum Gasteiger partial charge on any atom is -0.456 e. The predicted molar refractivity (Wildman–Crippen MR) is 191 cm³/mol. The van der Waals surface area contributed by atoms with Crippen LogP contribution in [0.25, 0.3) is 94.0 Å². The number of nitrogens with zero attached hydrogens (tertiary/aromatic N) is 2. The van der Waals surface area contributed by atoms with Crippen LogP contribution in [0.4, 0.5) is 5.69 Å². The van der Waals surface area contributed by atoms with Gasteiger partial charge in [-0.15, -0.1) is 0 Å². The smallest absolute Gasteiger partial charge is 0.146 e. The first-order chi connectivity index (χ1) is 22.7. The number of para-hydroxylation sites is 3. The number of benzene rings is 6. The van der Waals surface area contributed by atoms with Gasteiger partial charge in [0.15, 0.2) is 0 Å². The van der Waals surface area contributed by atoms with E-state index in [-0.39, 0.29) is 0 Å². The zero-order valence-electron chi connectivity index (χ0n) is 25.0. The number of nitrogens with two attached hydrogens (primary N) is 1. The second kappa shape index (κ2) is 9.16. The lowest BCUT2D eigenvalue weighted by atomic mass is 10.1. The molecule has 5 nitrogen and oxygen atoms in total. The van der Waals surface area contributed by atoms with Gasteiger partial charge >= 0.3 is 0 Å². The number of hydrogen-bond donors (Lipinski definition) is 1. The number of hydrogen-bond acceptors (Lipinski definition) is 3. The van der Waals surface area contributed by atoms with E-state index in [0.717, 1.165) is 93.7 Å². The monoisotopic (exact) mass is 593 g/mol. The van der Waals surface area contributed by atoms with Crippen LogP contribution in [0.3, 0.4) is 0 Å². The molecule has 0 atom stereocenters. The minimum absolute atomic E-state index is 0.709. The average molecular weight is 594 g/mol. The van der Waals surface area contributed by atoms with Crippen molar-refractivity contribution in [2.75, 3.05) is 5.73 Å². The molecule has 0 aliphatic rings. The molecule has 0 aliphatic carbocycles. The molecule has 0 saturated carbocycles. The molecule has 0 radical (unpaired) electrons. The van der Waals surface area contributed by atoms with Crippen LogP contribution >= 0.6 is 0 Å². The summed E-state index contributed by atoms with van der Waals surface area (Å²) in [6, 6.07) is 42.3. The van der Waals surface area contributed by atoms with E-state index < -0.39 is 0 Å². The molecule has 0 saturated heterocycles. The molecule has 0 fully saturated rings. The van der Waals surface area contributed by atoms with Crippen molar-refractivity contribution in [1.82, 2.24) is 9.13 Å². The van der Waals surface area contributed by atoms with Gasteiger partial charge in [-0.3, -0.25) is 0 Å². The molecule has 10 aromatic rings. The van der Waals surface area contributed by atoms with Crippen LogP contribution in [0, 0.1) is 0 Å². The molecule has 2 N–H and O–H groups in total. The van der Waals surface area contributed by atoms with Gasteiger partial charge < -0.3 is 23.7 Å². The Morgan fingerprint density at radius 1 is 0.522 bits per heavy atom. The Kier molecular flexibility index (Phi) is 5.01. The third kappa shape index (κ3) is 3.23. The molecule has 10 rings (SSSR count). The topological polar surface area (TPSA) is 62.2 Å².